The normalized spacial score (nSPS) is 17.6. The van der Waals surface area contributed by atoms with Crippen LogP contribution in [0.1, 0.15) is 18.4 Å². The zero-order valence-corrected chi connectivity index (χ0v) is 15.5. The predicted octanol–water partition coefficient (Wildman–Crippen LogP) is 0.795. The van der Waals surface area contributed by atoms with Gasteiger partial charge in [-0.15, -0.1) is 0 Å². The van der Waals surface area contributed by atoms with E-state index >= 15 is 0 Å². The van der Waals surface area contributed by atoms with E-state index in [-0.39, 0.29) is 25.1 Å². The Labute approximate surface area is 149 Å². The van der Waals surface area contributed by atoms with Crippen molar-refractivity contribution in [2.45, 2.75) is 25.4 Å². The zero-order chi connectivity index (χ0) is 18.3. The van der Waals surface area contributed by atoms with E-state index in [1.807, 2.05) is 24.3 Å². The second-order valence-electron chi connectivity index (χ2n) is 6.14. The first-order chi connectivity index (χ1) is 11.9. The molecular formula is C17H26N2O5S. The third kappa shape index (κ3) is 6.64. The Balaban J connectivity index is 1.81. The van der Waals surface area contributed by atoms with Gasteiger partial charge in [0.15, 0.2) is 0 Å². The minimum absolute atomic E-state index is 0.126. The summed E-state index contributed by atoms with van der Waals surface area (Å²) in [5, 5.41) is 2.77. The first kappa shape index (κ1) is 19.7. The second-order valence-corrected chi connectivity index (χ2v) is 8.12. The summed E-state index contributed by atoms with van der Waals surface area (Å²) in [6.07, 6.45) is 3.39. The standard InChI is InChI=1S/C17H26N2O5S/c1-23-15-6-3-5-14(11-15)8-9-18-17(20)13-19(25(2,21)22)12-16-7-4-10-24-16/h3,5-6,11,16H,4,7-10,12-13H2,1-2H3,(H,18,20). The van der Waals surface area contributed by atoms with Crippen LogP contribution >= 0.6 is 0 Å². The molecule has 1 heterocycles. The van der Waals surface area contributed by atoms with E-state index in [4.69, 9.17) is 9.47 Å². The first-order valence-corrected chi connectivity index (χ1v) is 10.2. The minimum atomic E-state index is -3.46. The molecule has 25 heavy (non-hydrogen) atoms. The molecule has 1 unspecified atom stereocenters. The summed E-state index contributed by atoms with van der Waals surface area (Å²) in [5.41, 5.74) is 1.04. The van der Waals surface area contributed by atoms with Crippen molar-refractivity contribution in [3.05, 3.63) is 29.8 Å². The summed E-state index contributed by atoms with van der Waals surface area (Å²) < 4.78 is 35.6. The lowest BCUT2D eigenvalue weighted by Gasteiger charge is -2.22. The van der Waals surface area contributed by atoms with Gasteiger partial charge < -0.3 is 14.8 Å². The van der Waals surface area contributed by atoms with Crippen LogP contribution in [0, 0.1) is 0 Å². The predicted molar refractivity (Wildman–Crippen MR) is 95.1 cm³/mol. The van der Waals surface area contributed by atoms with Gasteiger partial charge in [0.1, 0.15) is 5.75 Å². The van der Waals surface area contributed by atoms with Crippen LogP contribution in [0.25, 0.3) is 0 Å². The Kier molecular flexibility index (Phi) is 7.22. The van der Waals surface area contributed by atoms with Crippen molar-refractivity contribution in [2.75, 3.05) is 39.6 Å². The molecule has 0 radical (unpaired) electrons. The molecule has 1 aliphatic heterocycles. The zero-order valence-electron chi connectivity index (χ0n) is 14.7. The van der Waals surface area contributed by atoms with Gasteiger partial charge in [0.25, 0.3) is 0 Å². The van der Waals surface area contributed by atoms with Gasteiger partial charge in [0.05, 0.1) is 26.0 Å². The molecule has 1 atom stereocenters. The second kappa shape index (κ2) is 9.17. The summed E-state index contributed by atoms with van der Waals surface area (Å²) in [6.45, 7) is 1.12. The highest BCUT2D eigenvalue weighted by Gasteiger charge is 2.26. The molecular weight excluding hydrogens is 344 g/mol. The van der Waals surface area contributed by atoms with Gasteiger partial charge >= 0.3 is 0 Å². The number of benzene rings is 1. The van der Waals surface area contributed by atoms with Crippen LogP contribution in [0.5, 0.6) is 5.75 Å². The van der Waals surface area contributed by atoms with Gasteiger partial charge in [0.2, 0.25) is 15.9 Å². The van der Waals surface area contributed by atoms with E-state index in [1.54, 1.807) is 7.11 Å². The molecule has 1 fully saturated rings. The smallest absolute Gasteiger partial charge is 0.235 e. The fourth-order valence-electron chi connectivity index (χ4n) is 2.72. The number of hydrogen-bond acceptors (Lipinski definition) is 5. The van der Waals surface area contributed by atoms with Crippen LogP contribution in [-0.2, 0) is 26.0 Å². The van der Waals surface area contributed by atoms with Crippen molar-refractivity contribution in [3.8, 4) is 5.75 Å². The number of nitrogens with one attached hydrogen (secondary N) is 1. The molecule has 0 bridgehead atoms. The Bertz CT molecular complexity index is 671. The average Bonchev–Trinajstić information content (AvgIpc) is 3.07. The van der Waals surface area contributed by atoms with Crippen LogP contribution < -0.4 is 10.1 Å². The lowest BCUT2D eigenvalue weighted by atomic mass is 10.1. The van der Waals surface area contributed by atoms with E-state index < -0.39 is 10.0 Å². The number of carbonyl (C=O) groups is 1. The van der Waals surface area contributed by atoms with Crippen molar-refractivity contribution >= 4 is 15.9 Å². The number of nitrogens with zero attached hydrogens (tertiary/aromatic N) is 1. The van der Waals surface area contributed by atoms with Crippen LogP contribution in [-0.4, -0.2) is 64.3 Å². The van der Waals surface area contributed by atoms with Gasteiger partial charge in [0, 0.05) is 19.7 Å². The monoisotopic (exact) mass is 370 g/mol. The molecule has 0 spiro atoms. The SMILES string of the molecule is COc1cccc(CCNC(=O)CN(CC2CCCO2)S(C)(=O)=O)c1. The van der Waals surface area contributed by atoms with E-state index in [9.17, 15) is 13.2 Å². The van der Waals surface area contributed by atoms with E-state index in [2.05, 4.69) is 5.32 Å². The molecule has 0 saturated carbocycles. The highest BCUT2D eigenvalue weighted by atomic mass is 32.2. The quantitative estimate of drug-likeness (QED) is 0.695. The van der Waals surface area contributed by atoms with Gasteiger partial charge in [-0.25, -0.2) is 8.42 Å². The summed E-state index contributed by atoms with van der Waals surface area (Å²) in [7, 11) is -1.85. The Morgan fingerprint density at radius 2 is 2.24 bits per heavy atom. The van der Waals surface area contributed by atoms with Crippen LogP contribution in [0.3, 0.4) is 0 Å². The first-order valence-electron chi connectivity index (χ1n) is 8.35. The summed E-state index contributed by atoms with van der Waals surface area (Å²) in [5.74, 6) is 0.454. The summed E-state index contributed by atoms with van der Waals surface area (Å²) in [6, 6.07) is 7.61. The number of ether oxygens (including phenoxy) is 2. The van der Waals surface area contributed by atoms with E-state index in [0.717, 1.165) is 30.4 Å². The third-order valence-corrected chi connectivity index (χ3v) is 5.31. The highest BCUT2D eigenvalue weighted by molar-refractivity contribution is 7.88. The van der Waals surface area contributed by atoms with Crippen molar-refractivity contribution in [2.24, 2.45) is 0 Å². The molecule has 8 heteroatoms. The number of carbonyl (C=O) groups excluding carboxylic acids is 1. The number of rotatable bonds is 9. The highest BCUT2D eigenvalue weighted by Crippen LogP contribution is 2.15. The molecule has 1 aromatic rings. The number of hydrogen-bond donors (Lipinski definition) is 1. The number of methoxy groups -OCH3 is 1. The average molecular weight is 370 g/mol. The largest absolute Gasteiger partial charge is 0.497 e. The molecule has 140 valence electrons. The van der Waals surface area contributed by atoms with Crippen LogP contribution in [0.2, 0.25) is 0 Å². The fraction of sp³-hybridized carbons (Fsp3) is 0.588. The van der Waals surface area contributed by atoms with Gasteiger partial charge in [-0.05, 0) is 37.0 Å². The van der Waals surface area contributed by atoms with Crippen molar-refractivity contribution in [1.82, 2.24) is 9.62 Å². The van der Waals surface area contributed by atoms with Crippen molar-refractivity contribution in [3.63, 3.8) is 0 Å². The van der Waals surface area contributed by atoms with Crippen molar-refractivity contribution < 1.29 is 22.7 Å². The summed E-state index contributed by atoms with van der Waals surface area (Å²) in [4.78, 5) is 12.1. The van der Waals surface area contributed by atoms with Gasteiger partial charge in [-0.2, -0.15) is 4.31 Å². The molecule has 7 nitrogen and oxygen atoms in total. The van der Waals surface area contributed by atoms with Crippen molar-refractivity contribution in [1.29, 1.82) is 0 Å². The molecule has 1 aromatic carbocycles. The summed E-state index contributed by atoms with van der Waals surface area (Å²) >= 11 is 0. The molecule has 1 saturated heterocycles. The maximum absolute atomic E-state index is 12.1. The maximum atomic E-state index is 12.1. The minimum Gasteiger partial charge on any atom is -0.497 e. The Morgan fingerprint density at radius 3 is 2.88 bits per heavy atom. The third-order valence-electron chi connectivity index (χ3n) is 4.09. The van der Waals surface area contributed by atoms with Crippen LogP contribution in [0.15, 0.2) is 24.3 Å². The molecule has 2 rings (SSSR count). The Morgan fingerprint density at radius 1 is 1.44 bits per heavy atom. The molecule has 0 aliphatic carbocycles. The van der Waals surface area contributed by atoms with E-state index in [1.165, 1.54) is 4.31 Å². The molecule has 1 N–H and O–H groups in total. The number of sulfonamides is 1. The lowest BCUT2D eigenvalue weighted by Crippen LogP contribution is -2.44. The van der Waals surface area contributed by atoms with E-state index in [0.29, 0.717) is 19.6 Å². The number of amides is 1. The molecule has 0 aromatic heterocycles. The fourth-order valence-corrected chi connectivity index (χ4v) is 3.51. The van der Waals surface area contributed by atoms with Gasteiger partial charge in [-0.3, -0.25) is 4.79 Å². The molecule has 1 aliphatic rings. The van der Waals surface area contributed by atoms with Crippen LogP contribution in [0.4, 0.5) is 0 Å². The topological polar surface area (TPSA) is 84.9 Å². The maximum Gasteiger partial charge on any atom is 0.235 e. The molecule has 1 amide bonds. The lowest BCUT2D eigenvalue weighted by molar-refractivity contribution is -0.121. The Hall–Kier alpha value is -1.64. The van der Waals surface area contributed by atoms with Gasteiger partial charge in [-0.1, -0.05) is 12.1 Å².